The number of imidazole rings is 1. The molecular formula is C23H26ClN7O. The highest BCUT2D eigenvalue weighted by molar-refractivity contribution is 6.30. The smallest absolute Gasteiger partial charge is 0.290 e. The van der Waals surface area contributed by atoms with Crippen LogP contribution < -0.4 is 5.69 Å². The van der Waals surface area contributed by atoms with E-state index in [2.05, 4.69) is 32.5 Å². The van der Waals surface area contributed by atoms with Crippen molar-refractivity contribution in [2.24, 2.45) is 0 Å². The van der Waals surface area contributed by atoms with Crippen LogP contribution in [0.25, 0.3) is 22.6 Å². The van der Waals surface area contributed by atoms with E-state index in [0.29, 0.717) is 17.5 Å². The van der Waals surface area contributed by atoms with Gasteiger partial charge in [0, 0.05) is 22.9 Å². The Morgan fingerprint density at radius 3 is 2.44 bits per heavy atom. The predicted octanol–water partition coefficient (Wildman–Crippen LogP) is 4.30. The zero-order valence-electron chi connectivity index (χ0n) is 18.6. The Kier molecular flexibility index (Phi) is 5.97. The number of halogens is 1. The van der Waals surface area contributed by atoms with Crippen LogP contribution >= 0.6 is 11.6 Å². The highest BCUT2D eigenvalue weighted by atomic mass is 35.5. The first-order valence-corrected chi connectivity index (χ1v) is 11.0. The van der Waals surface area contributed by atoms with Crippen LogP contribution in [0.1, 0.15) is 45.4 Å². The molecule has 0 aliphatic rings. The third-order valence-electron chi connectivity index (χ3n) is 5.31. The van der Waals surface area contributed by atoms with Gasteiger partial charge in [-0.3, -0.25) is 14.1 Å². The molecule has 0 unspecified atom stereocenters. The second-order valence-corrected chi connectivity index (χ2v) is 9.07. The van der Waals surface area contributed by atoms with Crippen LogP contribution in [0, 0.1) is 0 Å². The van der Waals surface area contributed by atoms with E-state index in [1.54, 1.807) is 15.3 Å². The van der Waals surface area contributed by atoms with Crippen LogP contribution in [0.4, 0.5) is 0 Å². The molecule has 0 saturated carbocycles. The van der Waals surface area contributed by atoms with E-state index in [4.69, 9.17) is 11.6 Å². The molecule has 0 amide bonds. The molecule has 0 saturated heterocycles. The zero-order valence-corrected chi connectivity index (χ0v) is 19.4. The summed E-state index contributed by atoms with van der Waals surface area (Å²) in [6.07, 6.45) is 3.44. The molecule has 1 N–H and O–H groups in total. The minimum absolute atomic E-state index is 0.0989. The van der Waals surface area contributed by atoms with Crippen molar-refractivity contribution in [1.82, 2.24) is 34.7 Å². The van der Waals surface area contributed by atoms with Crippen LogP contribution in [-0.4, -0.2) is 34.7 Å². The second kappa shape index (κ2) is 8.70. The van der Waals surface area contributed by atoms with E-state index in [1.807, 2.05) is 57.2 Å². The summed E-state index contributed by atoms with van der Waals surface area (Å²) < 4.78 is 3.44. The maximum atomic E-state index is 13.2. The second-order valence-electron chi connectivity index (χ2n) is 8.71. The van der Waals surface area contributed by atoms with E-state index < -0.39 is 5.54 Å². The summed E-state index contributed by atoms with van der Waals surface area (Å²) in [5, 5.41) is 14.7. The molecule has 4 aromatic rings. The molecule has 1 aromatic carbocycles. The van der Waals surface area contributed by atoms with Gasteiger partial charge in [-0.15, -0.1) is 5.10 Å². The van der Waals surface area contributed by atoms with Crippen molar-refractivity contribution in [2.75, 3.05) is 0 Å². The fourth-order valence-electron chi connectivity index (χ4n) is 3.83. The quantitative estimate of drug-likeness (QED) is 0.471. The molecular weight excluding hydrogens is 426 g/mol. The molecule has 9 heteroatoms. The van der Waals surface area contributed by atoms with Gasteiger partial charge in [0.1, 0.15) is 5.15 Å². The van der Waals surface area contributed by atoms with Gasteiger partial charge in [0.15, 0.2) is 5.82 Å². The number of nitrogens with zero attached hydrogens (tertiary/aromatic N) is 6. The molecule has 0 spiro atoms. The summed E-state index contributed by atoms with van der Waals surface area (Å²) in [5.41, 5.74) is 3.88. The van der Waals surface area contributed by atoms with Crippen LogP contribution in [0.15, 0.2) is 47.4 Å². The summed E-state index contributed by atoms with van der Waals surface area (Å²) in [6.45, 7) is 8.45. The number of pyridine rings is 1. The van der Waals surface area contributed by atoms with Gasteiger partial charge in [0.25, 0.3) is 0 Å². The molecule has 3 aromatic heterocycles. The third-order valence-corrected chi connectivity index (χ3v) is 5.70. The lowest BCUT2D eigenvalue weighted by molar-refractivity contribution is 0.380. The van der Waals surface area contributed by atoms with E-state index in [0.717, 1.165) is 40.9 Å². The summed E-state index contributed by atoms with van der Waals surface area (Å²) >= 11 is 6.64. The van der Waals surface area contributed by atoms with Crippen molar-refractivity contribution < 1.29 is 0 Å². The SMILES string of the molecule is CCCc1c(Cl)n(C(C)(C)C)c(=O)n1Cc1ccc(-c2ccccc2-c2nnn[nH]2)nc1. The number of H-pyrrole nitrogens is 1. The summed E-state index contributed by atoms with van der Waals surface area (Å²) in [4.78, 5) is 17.9. The molecule has 3 heterocycles. The van der Waals surface area contributed by atoms with Gasteiger partial charge in [-0.2, -0.15) is 0 Å². The summed E-state index contributed by atoms with van der Waals surface area (Å²) in [5.74, 6) is 0.584. The zero-order chi connectivity index (χ0) is 22.9. The number of rotatable bonds is 6. The first-order valence-electron chi connectivity index (χ1n) is 10.6. The molecule has 0 atom stereocenters. The Labute approximate surface area is 191 Å². The third kappa shape index (κ3) is 4.10. The van der Waals surface area contributed by atoms with Gasteiger partial charge < -0.3 is 0 Å². The van der Waals surface area contributed by atoms with Crippen LogP contribution in [0.2, 0.25) is 5.15 Å². The van der Waals surface area contributed by atoms with Crippen molar-refractivity contribution in [2.45, 2.75) is 52.6 Å². The average Bonchev–Trinajstić information content (AvgIpc) is 3.37. The minimum Gasteiger partial charge on any atom is -0.290 e. The first kappa shape index (κ1) is 22.0. The molecule has 4 rings (SSSR count). The Hall–Kier alpha value is -3.26. The minimum atomic E-state index is -0.400. The number of hydrogen-bond acceptors (Lipinski definition) is 5. The highest BCUT2D eigenvalue weighted by Crippen LogP contribution is 2.29. The van der Waals surface area contributed by atoms with Gasteiger partial charge in [0.2, 0.25) is 0 Å². The Bertz CT molecular complexity index is 1270. The van der Waals surface area contributed by atoms with Gasteiger partial charge in [-0.25, -0.2) is 9.89 Å². The molecule has 0 bridgehead atoms. The number of tetrazole rings is 1. The van der Waals surface area contributed by atoms with E-state index in [1.165, 1.54) is 0 Å². The van der Waals surface area contributed by atoms with Gasteiger partial charge >= 0.3 is 5.69 Å². The van der Waals surface area contributed by atoms with Crippen molar-refractivity contribution in [3.8, 4) is 22.6 Å². The monoisotopic (exact) mass is 451 g/mol. The molecule has 0 radical (unpaired) electrons. The fraction of sp³-hybridized carbons (Fsp3) is 0.348. The Morgan fingerprint density at radius 2 is 1.84 bits per heavy atom. The summed E-state index contributed by atoms with van der Waals surface area (Å²) in [6, 6.07) is 11.7. The van der Waals surface area contributed by atoms with Gasteiger partial charge in [-0.05, 0) is 49.2 Å². The average molecular weight is 452 g/mol. The Balaban J connectivity index is 1.69. The van der Waals surface area contributed by atoms with Gasteiger partial charge in [0.05, 0.1) is 17.9 Å². The largest absolute Gasteiger partial charge is 0.330 e. The lowest BCUT2D eigenvalue weighted by atomic mass is 10.0. The van der Waals surface area contributed by atoms with Gasteiger partial charge in [-0.1, -0.05) is 55.3 Å². The van der Waals surface area contributed by atoms with E-state index in [-0.39, 0.29) is 5.69 Å². The molecule has 166 valence electrons. The topological polar surface area (TPSA) is 94.3 Å². The number of hydrogen-bond donors (Lipinski definition) is 1. The molecule has 8 nitrogen and oxygen atoms in total. The fourth-order valence-corrected chi connectivity index (χ4v) is 4.35. The summed E-state index contributed by atoms with van der Waals surface area (Å²) in [7, 11) is 0. The molecule has 0 aliphatic heterocycles. The van der Waals surface area contributed by atoms with E-state index in [9.17, 15) is 4.79 Å². The molecule has 0 aliphatic carbocycles. The van der Waals surface area contributed by atoms with Crippen molar-refractivity contribution in [1.29, 1.82) is 0 Å². The molecule has 32 heavy (non-hydrogen) atoms. The van der Waals surface area contributed by atoms with E-state index >= 15 is 0 Å². The Morgan fingerprint density at radius 1 is 1.09 bits per heavy atom. The maximum Gasteiger partial charge on any atom is 0.330 e. The predicted molar refractivity (Wildman–Crippen MR) is 125 cm³/mol. The lowest BCUT2D eigenvalue weighted by Crippen LogP contribution is -2.35. The molecule has 0 fully saturated rings. The number of aromatic nitrogens is 7. The van der Waals surface area contributed by atoms with Crippen LogP contribution in [0.3, 0.4) is 0 Å². The maximum absolute atomic E-state index is 13.2. The van der Waals surface area contributed by atoms with Crippen LogP contribution in [0.5, 0.6) is 0 Å². The number of nitrogens with one attached hydrogen (secondary N) is 1. The number of aromatic amines is 1. The van der Waals surface area contributed by atoms with Crippen molar-refractivity contribution in [3.63, 3.8) is 0 Å². The van der Waals surface area contributed by atoms with Crippen molar-refractivity contribution >= 4 is 11.6 Å². The highest BCUT2D eigenvalue weighted by Gasteiger charge is 2.25. The normalized spacial score (nSPS) is 11.8. The first-order chi connectivity index (χ1) is 15.3. The standard InChI is InChI=1S/C23H26ClN7O/c1-5-8-19-20(24)31(23(2,3)4)22(32)30(19)14-15-11-12-18(25-13-15)16-9-6-7-10-17(16)21-26-28-29-27-21/h6-7,9-13H,5,8,14H2,1-4H3,(H,26,27,28,29). The number of benzene rings is 1. The van der Waals surface area contributed by atoms with Crippen LogP contribution in [-0.2, 0) is 18.5 Å². The lowest BCUT2D eigenvalue weighted by Gasteiger charge is -2.20. The van der Waals surface area contributed by atoms with Crippen molar-refractivity contribution in [3.05, 3.63) is 69.5 Å².